The second-order valence-corrected chi connectivity index (χ2v) is 12.0. The van der Waals surface area contributed by atoms with Crippen molar-refractivity contribution in [1.29, 1.82) is 0 Å². The minimum absolute atomic E-state index is 0.228. The SMILES string of the molecule is O=C(Nc1ccncc1)c1cc(Br)ccc1N=P(c1ccccc1)(c1ccccc1)c1ccccc1. The fourth-order valence-electron chi connectivity index (χ4n) is 4.12. The molecule has 0 saturated heterocycles. The van der Waals surface area contributed by atoms with Gasteiger partial charge in [0.2, 0.25) is 0 Å². The van der Waals surface area contributed by atoms with E-state index in [1.807, 2.05) is 72.8 Å². The van der Waals surface area contributed by atoms with Crippen LogP contribution >= 0.6 is 23.0 Å². The maximum absolute atomic E-state index is 13.5. The number of rotatable bonds is 6. The Labute approximate surface area is 219 Å². The number of hydrogen-bond acceptors (Lipinski definition) is 3. The van der Waals surface area contributed by atoms with Crippen LogP contribution in [0, 0.1) is 0 Å². The number of hydrogen-bond donors (Lipinski definition) is 1. The Balaban J connectivity index is 1.80. The molecule has 0 spiro atoms. The quantitative estimate of drug-likeness (QED) is 0.233. The molecule has 0 aliphatic carbocycles. The first-order valence-corrected chi connectivity index (χ1v) is 14.0. The van der Waals surface area contributed by atoms with Gasteiger partial charge in [-0.3, -0.25) is 14.5 Å². The first-order valence-electron chi connectivity index (χ1n) is 11.5. The van der Waals surface area contributed by atoms with Crippen molar-refractivity contribution in [2.45, 2.75) is 0 Å². The number of nitrogens with zero attached hydrogens (tertiary/aromatic N) is 2. The van der Waals surface area contributed by atoms with Gasteiger partial charge in [-0.2, -0.15) is 0 Å². The molecule has 0 unspecified atom stereocenters. The van der Waals surface area contributed by atoms with E-state index >= 15 is 0 Å². The average molecular weight is 552 g/mol. The number of benzene rings is 4. The number of pyridine rings is 1. The van der Waals surface area contributed by atoms with Crippen molar-refractivity contribution in [1.82, 2.24) is 4.98 Å². The first kappa shape index (κ1) is 23.9. The summed E-state index contributed by atoms with van der Waals surface area (Å²) in [6, 6.07) is 40.3. The van der Waals surface area contributed by atoms with Crippen molar-refractivity contribution in [3.63, 3.8) is 0 Å². The van der Waals surface area contributed by atoms with Crippen LogP contribution < -0.4 is 21.2 Å². The van der Waals surface area contributed by atoms with Gasteiger partial charge in [0, 0.05) is 38.5 Å². The zero-order valence-electron chi connectivity index (χ0n) is 19.3. The molecule has 1 heterocycles. The number of anilines is 1. The van der Waals surface area contributed by atoms with Crippen LogP contribution in [0.25, 0.3) is 0 Å². The Morgan fingerprint density at radius 1 is 0.694 bits per heavy atom. The molecule has 1 aromatic heterocycles. The van der Waals surface area contributed by atoms with Gasteiger partial charge in [-0.05, 0) is 30.3 Å². The van der Waals surface area contributed by atoms with Gasteiger partial charge in [-0.25, -0.2) is 0 Å². The molecular formula is C30H23BrN3OP. The molecule has 176 valence electrons. The molecule has 0 aliphatic heterocycles. The first-order chi connectivity index (χ1) is 17.7. The lowest BCUT2D eigenvalue weighted by Gasteiger charge is -2.27. The molecule has 0 aliphatic rings. The summed E-state index contributed by atoms with van der Waals surface area (Å²) in [5.41, 5.74) is 1.80. The van der Waals surface area contributed by atoms with E-state index in [-0.39, 0.29) is 5.91 Å². The van der Waals surface area contributed by atoms with Crippen LogP contribution in [0.1, 0.15) is 10.4 Å². The van der Waals surface area contributed by atoms with Gasteiger partial charge in [0.25, 0.3) is 5.91 Å². The molecule has 0 fully saturated rings. The zero-order valence-corrected chi connectivity index (χ0v) is 21.8. The number of nitrogens with one attached hydrogen (secondary N) is 1. The van der Waals surface area contributed by atoms with Gasteiger partial charge in [0.15, 0.2) is 0 Å². The molecule has 36 heavy (non-hydrogen) atoms. The predicted octanol–water partition coefficient (Wildman–Crippen LogP) is 6.91. The fourth-order valence-corrected chi connectivity index (χ4v) is 8.03. The van der Waals surface area contributed by atoms with Crippen LogP contribution in [0.15, 0.2) is 143 Å². The molecular weight excluding hydrogens is 529 g/mol. The van der Waals surface area contributed by atoms with Gasteiger partial charge in [-0.15, -0.1) is 0 Å². The second kappa shape index (κ2) is 10.9. The summed E-state index contributed by atoms with van der Waals surface area (Å²) in [5, 5.41) is 6.33. The Hall–Kier alpha value is -3.79. The normalized spacial score (nSPS) is 11.0. The van der Waals surface area contributed by atoms with E-state index in [1.165, 1.54) is 0 Å². The maximum Gasteiger partial charge on any atom is 0.257 e. The summed E-state index contributed by atoms with van der Waals surface area (Å²) >= 11 is 3.54. The summed E-state index contributed by atoms with van der Waals surface area (Å²) in [6.45, 7) is 0. The van der Waals surface area contributed by atoms with E-state index in [0.29, 0.717) is 16.9 Å². The third-order valence-electron chi connectivity index (χ3n) is 5.79. The van der Waals surface area contributed by atoms with Crippen LogP contribution in [-0.4, -0.2) is 10.9 Å². The fraction of sp³-hybridized carbons (Fsp3) is 0. The van der Waals surface area contributed by atoms with Gasteiger partial charge >= 0.3 is 0 Å². The van der Waals surface area contributed by atoms with Gasteiger partial charge in [0.05, 0.1) is 18.3 Å². The molecule has 0 bridgehead atoms. The maximum atomic E-state index is 13.5. The summed E-state index contributed by atoms with van der Waals surface area (Å²) in [7, 11) is -2.52. The molecule has 0 radical (unpaired) electrons. The average Bonchev–Trinajstić information content (AvgIpc) is 2.94. The third kappa shape index (κ3) is 4.94. The van der Waals surface area contributed by atoms with Crippen LogP contribution in [0.2, 0.25) is 0 Å². The van der Waals surface area contributed by atoms with Crippen LogP contribution in [0.3, 0.4) is 0 Å². The minimum Gasteiger partial charge on any atom is -0.322 e. The van der Waals surface area contributed by atoms with Crippen molar-refractivity contribution < 1.29 is 4.79 Å². The highest BCUT2D eigenvalue weighted by Gasteiger charge is 2.28. The molecule has 5 aromatic rings. The Bertz CT molecular complexity index is 1420. The van der Waals surface area contributed by atoms with Gasteiger partial charge in [0.1, 0.15) is 0 Å². The van der Waals surface area contributed by atoms with E-state index in [1.54, 1.807) is 24.5 Å². The van der Waals surface area contributed by atoms with E-state index in [9.17, 15) is 4.79 Å². The molecule has 6 heteroatoms. The van der Waals surface area contributed by atoms with Crippen molar-refractivity contribution in [2.75, 3.05) is 5.32 Å². The number of amides is 1. The Kier molecular flexibility index (Phi) is 7.22. The number of carbonyl (C=O) groups is 1. The highest BCUT2D eigenvalue weighted by molar-refractivity contribution is 9.10. The van der Waals surface area contributed by atoms with E-state index in [2.05, 4.69) is 62.6 Å². The van der Waals surface area contributed by atoms with Crippen LogP contribution in [0.4, 0.5) is 11.4 Å². The monoisotopic (exact) mass is 551 g/mol. The van der Waals surface area contributed by atoms with E-state index < -0.39 is 7.05 Å². The number of carbonyl (C=O) groups excluding carboxylic acids is 1. The summed E-state index contributed by atoms with van der Waals surface area (Å²) < 4.78 is 6.33. The lowest BCUT2D eigenvalue weighted by Crippen LogP contribution is -2.25. The summed E-state index contributed by atoms with van der Waals surface area (Å²) in [5.74, 6) is -0.228. The number of halogens is 1. The van der Waals surface area contributed by atoms with Crippen molar-refractivity contribution in [3.8, 4) is 0 Å². The predicted molar refractivity (Wildman–Crippen MR) is 154 cm³/mol. The van der Waals surface area contributed by atoms with Crippen molar-refractivity contribution in [2.24, 2.45) is 4.74 Å². The molecule has 4 aromatic carbocycles. The van der Waals surface area contributed by atoms with Crippen LogP contribution in [-0.2, 0) is 0 Å². The lowest BCUT2D eigenvalue weighted by atomic mass is 10.1. The highest BCUT2D eigenvalue weighted by Crippen LogP contribution is 2.50. The molecule has 5 rings (SSSR count). The minimum atomic E-state index is -2.52. The van der Waals surface area contributed by atoms with E-state index in [0.717, 1.165) is 20.4 Å². The highest BCUT2D eigenvalue weighted by atomic mass is 79.9. The summed E-state index contributed by atoms with van der Waals surface area (Å²) in [6.07, 6.45) is 3.30. The topological polar surface area (TPSA) is 54.4 Å². The summed E-state index contributed by atoms with van der Waals surface area (Å²) in [4.78, 5) is 17.5. The molecule has 4 nitrogen and oxygen atoms in total. The third-order valence-corrected chi connectivity index (χ3v) is 9.93. The standard InChI is InChI=1S/C30H23BrN3OP/c31-23-16-17-29(28(22-23)30(35)33-24-18-20-32-21-19-24)34-36(25-10-4-1-5-11-25,26-12-6-2-7-13-26)27-14-8-3-9-15-27/h1-22H,(H,32,33,35). The van der Waals surface area contributed by atoms with Crippen molar-refractivity contribution >= 4 is 56.2 Å². The molecule has 1 amide bonds. The largest absolute Gasteiger partial charge is 0.322 e. The van der Waals surface area contributed by atoms with Gasteiger partial charge < -0.3 is 5.32 Å². The van der Waals surface area contributed by atoms with Gasteiger partial charge in [-0.1, -0.05) is 107 Å². The van der Waals surface area contributed by atoms with Crippen molar-refractivity contribution in [3.05, 3.63) is 144 Å². The molecule has 0 atom stereocenters. The molecule has 1 N–H and O–H groups in total. The lowest BCUT2D eigenvalue weighted by molar-refractivity contribution is 0.102. The smallest absolute Gasteiger partial charge is 0.257 e. The number of aromatic nitrogens is 1. The van der Waals surface area contributed by atoms with Crippen LogP contribution in [0.5, 0.6) is 0 Å². The zero-order chi connectivity index (χ0) is 24.8. The van der Waals surface area contributed by atoms with E-state index in [4.69, 9.17) is 4.74 Å². The Morgan fingerprint density at radius 3 is 1.69 bits per heavy atom. The molecule has 0 saturated carbocycles. The second-order valence-electron chi connectivity index (χ2n) is 8.09. The Morgan fingerprint density at radius 2 is 1.19 bits per heavy atom.